The number of aromatic nitrogens is 3. The van der Waals surface area contributed by atoms with E-state index >= 15 is 0 Å². The van der Waals surface area contributed by atoms with Crippen LogP contribution in [0.1, 0.15) is 36.7 Å². The number of thiazole rings is 1. The number of anilines is 1. The molecular formula is C18H18N4OS. The summed E-state index contributed by atoms with van der Waals surface area (Å²) in [4.78, 5) is 16.7. The van der Waals surface area contributed by atoms with E-state index in [-0.39, 0.29) is 5.91 Å². The Morgan fingerprint density at radius 1 is 1.25 bits per heavy atom. The maximum atomic E-state index is 12.2. The van der Waals surface area contributed by atoms with Crippen LogP contribution in [0.25, 0.3) is 16.3 Å². The van der Waals surface area contributed by atoms with Gasteiger partial charge in [-0.25, -0.2) is 9.67 Å². The first-order chi connectivity index (χ1) is 11.8. The number of benzene rings is 1. The van der Waals surface area contributed by atoms with Gasteiger partial charge in [-0.2, -0.15) is 5.10 Å². The Morgan fingerprint density at radius 3 is 2.92 bits per heavy atom. The number of rotatable bonds is 4. The zero-order valence-corrected chi connectivity index (χ0v) is 14.0. The zero-order chi connectivity index (χ0) is 16.4. The van der Waals surface area contributed by atoms with Crippen LogP contribution in [0.15, 0.2) is 42.6 Å². The molecule has 24 heavy (non-hydrogen) atoms. The van der Waals surface area contributed by atoms with E-state index in [1.807, 2.05) is 35.0 Å². The van der Waals surface area contributed by atoms with Crippen molar-refractivity contribution in [2.45, 2.75) is 31.7 Å². The molecule has 1 fully saturated rings. The van der Waals surface area contributed by atoms with Gasteiger partial charge in [0.05, 0.1) is 22.5 Å². The third-order valence-corrected chi connectivity index (χ3v) is 5.28. The Hall–Kier alpha value is -2.47. The normalized spacial score (nSPS) is 15.5. The molecule has 1 aliphatic rings. The molecule has 0 saturated heterocycles. The smallest absolute Gasteiger partial charge is 0.249 e. The van der Waals surface area contributed by atoms with E-state index in [4.69, 9.17) is 0 Å². The summed E-state index contributed by atoms with van der Waals surface area (Å²) < 4.78 is 3.06. The number of carbonyl (C=O) groups is 1. The fourth-order valence-corrected chi connectivity index (χ4v) is 4.00. The number of hydrogen-bond acceptors (Lipinski definition) is 4. The van der Waals surface area contributed by atoms with Crippen LogP contribution in [-0.2, 0) is 4.79 Å². The van der Waals surface area contributed by atoms with Crippen molar-refractivity contribution in [3.63, 3.8) is 0 Å². The summed E-state index contributed by atoms with van der Waals surface area (Å²) in [5.74, 6) is 0.606. The summed E-state index contributed by atoms with van der Waals surface area (Å²) in [7, 11) is 0. The summed E-state index contributed by atoms with van der Waals surface area (Å²) in [6.45, 7) is 0. The van der Waals surface area contributed by atoms with E-state index < -0.39 is 0 Å². The molecule has 4 rings (SSSR count). The fraction of sp³-hybridized carbons (Fsp3) is 0.278. The van der Waals surface area contributed by atoms with E-state index in [1.54, 1.807) is 23.6 Å². The van der Waals surface area contributed by atoms with Crippen molar-refractivity contribution in [1.82, 2.24) is 14.8 Å². The van der Waals surface area contributed by atoms with Gasteiger partial charge in [0.2, 0.25) is 5.91 Å². The molecule has 1 amide bonds. The average molecular weight is 338 g/mol. The van der Waals surface area contributed by atoms with Gasteiger partial charge in [-0.05, 0) is 31.1 Å². The highest BCUT2D eigenvalue weighted by molar-refractivity contribution is 7.19. The van der Waals surface area contributed by atoms with Crippen molar-refractivity contribution in [3.8, 4) is 0 Å². The minimum atomic E-state index is -0.158. The molecule has 1 saturated carbocycles. The maximum absolute atomic E-state index is 12.2. The van der Waals surface area contributed by atoms with Crippen molar-refractivity contribution in [2.75, 3.05) is 5.32 Å². The lowest BCUT2D eigenvalue weighted by atomic mass is 10.2. The molecule has 0 aliphatic heterocycles. The third-order valence-electron chi connectivity index (χ3n) is 4.28. The average Bonchev–Trinajstić information content (AvgIpc) is 3.32. The second kappa shape index (κ2) is 6.57. The van der Waals surface area contributed by atoms with Gasteiger partial charge >= 0.3 is 0 Å². The second-order valence-electron chi connectivity index (χ2n) is 5.94. The van der Waals surface area contributed by atoms with Crippen LogP contribution in [0.2, 0.25) is 0 Å². The Labute approximate surface area is 144 Å². The van der Waals surface area contributed by atoms with Crippen molar-refractivity contribution in [1.29, 1.82) is 0 Å². The van der Waals surface area contributed by atoms with Gasteiger partial charge in [0.25, 0.3) is 0 Å². The maximum Gasteiger partial charge on any atom is 0.249 e. The monoisotopic (exact) mass is 338 g/mol. The summed E-state index contributed by atoms with van der Waals surface area (Å²) in [6.07, 6.45) is 9.76. The van der Waals surface area contributed by atoms with E-state index in [9.17, 15) is 4.79 Å². The first-order valence-electron chi connectivity index (χ1n) is 8.18. The summed E-state index contributed by atoms with van der Waals surface area (Å²) >= 11 is 1.58. The lowest BCUT2D eigenvalue weighted by Gasteiger charge is -2.13. The van der Waals surface area contributed by atoms with Crippen molar-refractivity contribution in [3.05, 3.63) is 47.6 Å². The van der Waals surface area contributed by atoms with Gasteiger partial charge in [0.15, 0.2) is 0 Å². The lowest BCUT2D eigenvalue weighted by Crippen LogP contribution is -2.15. The molecule has 0 radical (unpaired) electrons. The Balaban J connectivity index is 1.46. The Bertz CT molecular complexity index is 856. The van der Waals surface area contributed by atoms with Gasteiger partial charge in [-0.3, -0.25) is 4.79 Å². The topological polar surface area (TPSA) is 59.8 Å². The number of nitrogens with zero attached hydrogens (tertiary/aromatic N) is 3. The predicted octanol–water partition coefficient (Wildman–Crippen LogP) is 4.26. The molecule has 2 heterocycles. The summed E-state index contributed by atoms with van der Waals surface area (Å²) in [6, 6.07) is 10.2. The number of hydrogen-bond donors (Lipinski definition) is 1. The second-order valence-corrected chi connectivity index (χ2v) is 7.00. The molecule has 6 heteroatoms. The van der Waals surface area contributed by atoms with Gasteiger partial charge < -0.3 is 5.32 Å². The molecule has 0 unspecified atom stereocenters. The minimum absolute atomic E-state index is 0.158. The molecule has 0 atom stereocenters. The predicted molar refractivity (Wildman–Crippen MR) is 97.0 cm³/mol. The number of fused-ring (bicyclic) bond motifs is 1. The lowest BCUT2D eigenvalue weighted by molar-refractivity contribution is -0.111. The quantitative estimate of drug-likeness (QED) is 0.723. The van der Waals surface area contributed by atoms with Crippen molar-refractivity contribution >= 4 is 39.4 Å². The molecule has 3 aromatic rings. The Kier molecular flexibility index (Phi) is 4.13. The van der Waals surface area contributed by atoms with Crippen molar-refractivity contribution < 1.29 is 4.79 Å². The Morgan fingerprint density at radius 2 is 2.08 bits per heavy atom. The molecule has 0 bridgehead atoms. The molecule has 0 spiro atoms. The van der Waals surface area contributed by atoms with Crippen LogP contribution < -0.4 is 5.32 Å². The molecule has 122 valence electrons. The van der Waals surface area contributed by atoms with E-state index in [2.05, 4.69) is 15.4 Å². The van der Waals surface area contributed by atoms with E-state index in [1.165, 1.54) is 18.9 Å². The number of nitrogens with one attached hydrogen (secondary N) is 1. The highest BCUT2D eigenvalue weighted by Crippen LogP contribution is 2.31. The highest BCUT2D eigenvalue weighted by Gasteiger charge is 2.20. The first-order valence-corrected chi connectivity index (χ1v) is 8.99. The van der Waals surface area contributed by atoms with Crippen molar-refractivity contribution in [2.24, 2.45) is 0 Å². The highest BCUT2D eigenvalue weighted by atomic mass is 32.1. The van der Waals surface area contributed by atoms with Gasteiger partial charge in [0, 0.05) is 12.1 Å². The number of amides is 1. The van der Waals surface area contributed by atoms with Crippen LogP contribution in [0.3, 0.4) is 0 Å². The SMILES string of the molecule is O=C(/C=C/c1nc2ccccc2s1)Nc1ccnn1C1CCCC1. The van der Waals surface area contributed by atoms with Gasteiger partial charge in [-0.15, -0.1) is 11.3 Å². The summed E-state index contributed by atoms with van der Waals surface area (Å²) in [5, 5.41) is 8.12. The van der Waals surface area contributed by atoms with Gasteiger partial charge in [-0.1, -0.05) is 25.0 Å². The van der Waals surface area contributed by atoms with E-state index in [0.717, 1.165) is 33.9 Å². The molecule has 2 aromatic heterocycles. The summed E-state index contributed by atoms with van der Waals surface area (Å²) in [5.41, 5.74) is 0.960. The molecule has 1 N–H and O–H groups in total. The van der Waals surface area contributed by atoms with Crippen LogP contribution in [0, 0.1) is 0 Å². The largest absolute Gasteiger partial charge is 0.307 e. The first kappa shape index (κ1) is 15.1. The standard InChI is InChI=1S/C18H18N4OS/c23-17(9-10-18-20-14-7-3-4-8-15(14)24-18)21-16-11-12-19-22(16)13-5-1-2-6-13/h3-4,7-13H,1-2,5-6H2,(H,21,23)/b10-9+. The number of para-hydroxylation sites is 1. The van der Waals surface area contributed by atoms with Gasteiger partial charge in [0.1, 0.15) is 10.8 Å². The fourth-order valence-electron chi connectivity index (χ4n) is 3.13. The zero-order valence-electron chi connectivity index (χ0n) is 13.2. The minimum Gasteiger partial charge on any atom is -0.307 e. The number of carbonyl (C=O) groups excluding carboxylic acids is 1. The molecular weight excluding hydrogens is 320 g/mol. The molecule has 5 nitrogen and oxygen atoms in total. The van der Waals surface area contributed by atoms with E-state index in [0.29, 0.717) is 6.04 Å². The van der Waals surface area contributed by atoms with Crippen LogP contribution in [0.4, 0.5) is 5.82 Å². The third kappa shape index (κ3) is 3.10. The van der Waals surface area contributed by atoms with Crippen LogP contribution >= 0.6 is 11.3 Å². The molecule has 1 aliphatic carbocycles. The van der Waals surface area contributed by atoms with Crippen LogP contribution in [-0.4, -0.2) is 20.7 Å². The van der Waals surface area contributed by atoms with Crippen LogP contribution in [0.5, 0.6) is 0 Å². The molecule has 1 aromatic carbocycles.